The molecule has 1 amide bonds. The van der Waals surface area contributed by atoms with Gasteiger partial charge in [0.15, 0.2) is 21.3 Å². The Kier molecular flexibility index (Phi) is 6.74. The van der Waals surface area contributed by atoms with E-state index in [-0.39, 0.29) is 23.9 Å². The number of rotatable bonds is 8. The number of fused-ring (bicyclic) bond motifs is 1. The Morgan fingerprint density at radius 2 is 1.76 bits per heavy atom. The summed E-state index contributed by atoms with van der Waals surface area (Å²) in [5.41, 5.74) is 5.05. The summed E-state index contributed by atoms with van der Waals surface area (Å²) in [6, 6.07) is 21.3. The lowest BCUT2D eigenvalue weighted by Gasteiger charge is -2.16. The first kappa shape index (κ1) is 22.5. The standard InChI is InChI=1S/C25H24N2O5S/c1-18-7-10-22(11-8-18)33(29,30)16-21(13-19-5-3-2-4-6-19)25(28)27-26-15-20-9-12-23-24(14-20)32-17-31-23/h2-12,14-15,21H,13,16-17H2,1H3,(H,27,28)/b26-15+/t21-/m1/s1. The molecule has 0 radical (unpaired) electrons. The van der Waals surface area contributed by atoms with Gasteiger partial charge in [-0.2, -0.15) is 5.10 Å². The van der Waals surface area contributed by atoms with Crippen molar-refractivity contribution < 1.29 is 22.7 Å². The maximum Gasteiger partial charge on any atom is 0.244 e. The molecule has 1 N–H and O–H groups in total. The monoisotopic (exact) mass is 464 g/mol. The number of amides is 1. The van der Waals surface area contributed by atoms with Crippen molar-refractivity contribution in [2.45, 2.75) is 18.2 Å². The summed E-state index contributed by atoms with van der Waals surface area (Å²) in [6.07, 6.45) is 1.76. The quantitative estimate of drug-likeness (QED) is 0.407. The van der Waals surface area contributed by atoms with Gasteiger partial charge in [0.25, 0.3) is 0 Å². The Hall–Kier alpha value is -3.65. The predicted molar refractivity (Wildman–Crippen MR) is 125 cm³/mol. The van der Waals surface area contributed by atoms with Gasteiger partial charge in [0.2, 0.25) is 12.7 Å². The number of aryl methyl sites for hydroxylation is 1. The molecule has 0 aliphatic carbocycles. The zero-order valence-corrected chi connectivity index (χ0v) is 18.9. The lowest BCUT2D eigenvalue weighted by Crippen LogP contribution is -2.33. The lowest BCUT2D eigenvalue weighted by molar-refractivity contribution is -0.124. The van der Waals surface area contributed by atoms with E-state index in [9.17, 15) is 13.2 Å². The minimum absolute atomic E-state index is 0.170. The van der Waals surface area contributed by atoms with Crippen molar-refractivity contribution in [2.75, 3.05) is 12.5 Å². The minimum Gasteiger partial charge on any atom is -0.454 e. The molecule has 0 fully saturated rings. The van der Waals surface area contributed by atoms with E-state index < -0.39 is 21.7 Å². The van der Waals surface area contributed by atoms with Gasteiger partial charge in [0, 0.05) is 0 Å². The van der Waals surface area contributed by atoms with Gasteiger partial charge in [-0.3, -0.25) is 4.79 Å². The number of nitrogens with zero attached hydrogens (tertiary/aromatic N) is 1. The summed E-state index contributed by atoms with van der Waals surface area (Å²) < 4.78 is 36.6. The third-order valence-corrected chi connectivity index (χ3v) is 7.11. The van der Waals surface area contributed by atoms with Crippen LogP contribution in [0.1, 0.15) is 16.7 Å². The Morgan fingerprint density at radius 3 is 2.52 bits per heavy atom. The number of carbonyl (C=O) groups excluding carboxylic acids is 1. The number of hydrazone groups is 1. The molecule has 3 aromatic rings. The first-order chi connectivity index (χ1) is 15.9. The molecule has 0 unspecified atom stereocenters. The number of carbonyl (C=O) groups is 1. The van der Waals surface area contributed by atoms with Gasteiger partial charge >= 0.3 is 0 Å². The molecular formula is C25H24N2O5S. The van der Waals surface area contributed by atoms with Crippen LogP contribution in [-0.2, 0) is 21.1 Å². The molecule has 1 aliphatic heterocycles. The fourth-order valence-corrected chi connectivity index (χ4v) is 5.03. The molecule has 8 heteroatoms. The molecule has 1 heterocycles. The lowest BCUT2D eigenvalue weighted by atomic mass is 10.0. The Morgan fingerprint density at radius 1 is 1.03 bits per heavy atom. The second-order valence-corrected chi connectivity index (χ2v) is 9.86. The van der Waals surface area contributed by atoms with E-state index in [2.05, 4.69) is 10.5 Å². The maximum absolute atomic E-state index is 13.0. The van der Waals surface area contributed by atoms with Crippen molar-refractivity contribution in [3.8, 4) is 11.5 Å². The van der Waals surface area contributed by atoms with E-state index in [0.29, 0.717) is 17.1 Å². The van der Waals surface area contributed by atoms with Crippen LogP contribution in [-0.4, -0.2) is 33.1 Å². The first-order valence-corrected chi connectivity index (χ1v) is 12.1. The molecule has 4 rings (SSSR count). The summed E-state index contributed by atoms with van der Waals surface area (Å²) in [7, 11) is -3.67. The van der Waals surface area contributed by atoms with Crippen LogP contribution in [0, 0.1) is 12.8 Å². The number of benzene rings is 3. The van der Waals surface area contributed by atoms with Crippen LogP contribution in [0.2, 0.25) is 0 Å². The number of hydrogen-bond acceptors (Lipinski definition) is 6. The summed E-state index contributed by atoms with van der Waals surface area (Å²) in [5.74, 6) is -0.341. The highest BCUT2D eigenvalue weighted by atomic mass is 32.2. The van der Waals surface area contributed by atoms with E-state index >= 15 is 0 Å². The highest BCUT2D eigenvalue weighted by molar-refractivity contribution is 7.91. The Labute approximate surface area is 193 Å². The van der Waals surface area contributed by atoms with Crippen LogP contribution >= 0.6 is 0 Å². The molecule has 0 bridgehead atoms. The molecule has 1 atom stereocenters. The molecule has 170 valence electrons. The van der Waals surface area contributed by atoms with Crippen molar-refractivity contribution in [3.05, 3.63) is 89.5 Å². The van der Waals surface area contributed by atoms with Crippen LogP contribution in [0.5, 0.6) is 11.5 Å². The van der Waals surface area contributed by atoms with E-state index in [1.54, 1.807) is 42.5 Å². The molecule has 0 spiro atoms. The zero-order chi connectivity index (χ0) is 23.3. The van der Waals surface area contributed by atoms with Gasteiger partial charge < -0.3 is 9.47 Å². The topological polar surface area (TPSA) is 94.1 Å². The van der Waals surface area contributed by atoms with Crippen LogP contribution in [0.15, 0.2) is 82.8 Å². The summed E-state index contributed by atoms with van der Waals surface area (Å²) in [5, 5.41) is 4.03. The highest BCUT2D eigenvalue weighted by Gasteiger charge is 2.27. The van der Waals surface area contributed by atoms with Gasteiger partial charge in [0.05, 0.1) is 22.8 Å². The van der Waals surface area contributed by atoms with Crippen molar-refractivity contribution in [1.29, 1.82) is 0 Å². The molecule has 0 saturated heterocycles. The predicted octanol–water partition coefficient (Wildman–Crippen LogP) is 3.51. The van der Waals surface area contributed by atoms with Crippen LogP contribution in [0.3, 0.4) is 0 Å². The first-order valence-electron chi connectivity index (χ1n) is 10.5. The van der Waals surface area contributed by atoms with E-state index in [1.807, 2.05) is 37.3 Å². The summed E-state index contributed by atoms with van der Waals surface area (Å²) in [4.78, 5) is 13.2. The number of nitrogens with one attached hydrogen (secondary N) is 1. The van der Waals surface area contributed by atoms with Gasteiger partial charge in [-0.05, 0) is 54.8 Å². The van der Waals surface area contributed by atoms with E-state index in [4.69, 9.17) is 9.47 Å². The number of sulfone groups is 1. The molecular weight excluding hydrogens is 440 g/mol. The average molecular weight is 465 g/mol. The van der Waals surface area contributed by atoms with Crippen molar-refractivity contribution in [2.24, 2.45) is 11.0 Å². The van der Waals surface area contributed by atoms with Gasteiger partial charge in [-0.25, -0.2) is 13.8 Å². The molecule has 1 aliphatic rings. The molecule has 7 nitrogen and oxygen atoms in total. The SMILES string of the molecule is Cc1ccc(S(=O)(=O)C[C@@H](Cc2ccccc2)C(=O)N/N=C/c2ccc3c(c2)OCO3)cc1. The van der Waals surface area contributed by atoms with Crippen LogP contribution in [0.4, 0.5) is 0 Å². The Bertz CT molecular complexity index is 1260. The maximum atomic E-state index is 13.0. The van der Waals surface area contributed by atoms with Crippen LogP contribution in [0.25, 0.3) is 0 Å². The second-order valence-electron chi connectivity index (χ2n) is 7.83. The highest BCUT2D eigenvalue weighted by Crippen LogP contribution is 2.32. The van der Waals surface area contributed by atoms with E-state index in [1.165, 1.54) is 6.21 Å². The second kappa shape index (κ2) is 9.87. The molecule has 3 aromatic carbocycles. The summed E-state index contributed by atoms with van der Waals surface area (Å²) in [6.45, 7) is 2.06. The molecule has 0 saturated carbocycles. The van der Waals surface area contributed by atoms with Gasteiger partial charge in [-0.15, -0.1) is 0 Å². The van der Waals surface area contributed by atoms with Crippen LogP contribution < -0.4 is 14.9 Å². The zero-order valence-electron chi connectivity index (χ0n) is 18.1. The fourth-order valence-electron chi connectivity index (χ4n) is 3.49. The van der Waals surface area contributed by atoms with Crippen molar-refractivity contribution in [1.82, 2.24) is 5.43 Å². The Balaban J connectivity index is 1.49. The average Bonchev–Trinajstić information content (AvgIpc) is 3.27. The van der Waals surface area contributed by atoms with Gasteiger partial charge in [-0.1, -0.05) is 48.0 Å². The molecule has 0 aromatic heterocycles. The largest absolute Gasteiger partial charge is 0.454 e. The minimum atomic E-state index is -3.67. The fraction of sp³-hybridized carbons (Fsp3) is 0.200. The summed E-state index contributed by atoms with van der Waals surface area (Å²) >= 11 is 0. The van der Waals surface area contributed by atoms with E-state index in [0.717, 1.165) is 11.1 Å². The van der Waals surface area contributed by atoms with Gasteiger partial charge in [0.1, 0.15) is 0 Å². The molecule has 33 heavy (non-hydrogen) atoms. The smallest absolute Gasteiger partial charge is 0.244 e. The van der Waals surface area contributed by atoms with Crippen molar-refractivity contribution >= 4 is 22.0 Å². The van der Waals surface area contributed by atoms with Crippen molar-refractivity contribution in [3.63, 3.8) is 0 Å². The third-order valence-electron chi connectivity index (χ3n) is 5.28. The number of hydrogen-bond donors (Lipinski definition) is 1. The number of ether oxygens (including phenoxy) is 2. The third kappa shape index (κ3) is 5.78. The normalized spacial score (nSPS) is 13.7.